The van der Waals surface area contributed by atoms with Crippen molar-refractivity contribution in [1.29, 1.82) is 0 Å². The van der Waals surface area contributed by atoms with E-state index in [1.54, 1.807) is 4.90 Å². The molecule has 2 N–H and O–H groups in total. The topological polar surface area (TPSA) is 55.8 Å². The first-order valence-electron chi connectivity index (χ1n) is 8.11. The predicted molar refractivity (Wildman–Crippen MR) is 86.3 cm³/mol. The van der Waals surface area contributed by atoms with Crippen LogP contribution < -0.4 is 5.32 Å². The van der Waals surface area contributed by atoms with Gasteiger partial charge in [0.15, 0.2) is 0 Å². The molecule has 124 valence electrons. The van der Waals surface area contributed by atoms with E-state index >= 15 is 0 Å². The molecule has 0 unspecified atom stereocenters. The minimum Gasteiger partial charge on any atom is -0.396 e. The van der Waals surface area contributed by atoms with Crippen LogP contribution in [0.25, 0.3) is 0 Å². The van der Waals surface area contributed by atoms with E-state index in [1.807, 2.05) is 14.1 Å². The zero-order chi connectivity index (χ0) is 15.9. The molecule has 1 rings (SSSR count). The van der Waals surface area contributed by atoms with Crippen LogP contribution >= 0.6 is 0 Å². The van der Waals surface area contributed by atoms with Crippen LogP contribution in [0.15, 0.2) is 0 Å². The first-order valence-corrected chi connectivity index (χ1v) is 8.11. The third-order valence-electron chi connectivity index (χ3n) is 4.33. The number of aliphatic hydroxyl groups excluding tert-OH is 1. The van der Waals surface area contributed by atoms with Crippen LogP contribution in [0.5, 0.6) is 0 Å². The van der Waals surface area contributed by atoms with Gasteiger partial charge in [-0.05, 0) is 31.1 Å². The standard InChI is InChI=1S/C16H33N3O2/c1-16(2,8-5-11-20)13-17-14-6-9-19(10-7-14)12-15(21)18(3)4/h14,17,20H,5-13H2,1-4H3. The lowest BCUT2D eigenvalue weighted by atomic mass is 9.87. The van der Waals surface area contributed by atoms with Gasteiger partial charge < -0.3 is 15.3 Å². The Morgan fingerprint density at radius 3 is 2.48 bits per heavy atom. The quantitative estimate of drug-likeness (QED) is 0.700. The number of aliphatic hydroxyl groups is 1. The van der Waals surface area contributed by atoms with Crippen molar-refractivity contribution in [3.05, 3.63) is 0 Å². The van der Waals surface area contributed by atoms with Crippen LogP contribution in [0.3, 0.4) is 0 Å². The van der Waals surface area contributed by atoms with E-state index in [2.05, 4.69) is 24.1 Å². The molecule has 5 nitrogen and oxygen atoms in total. The predicted octanol–water partition coefficient (Wildman–Crippen LogP) is 0.927. The first-order chi connectivity index (χ1) is 9.84. The molecule has 0 spiro atoms. The maximum Gasteiger partial charge on any atom is 0.236 e. The lowest BCUT2D eigenvalue weighted by molar-refractivity contribution is -0.130. The second kappa shape index (κ2) is 8.71. The lowest BCUT2D eigenvalue weighted by Gasteiger charge is -2.34. The number of nitrogens with zero attached hydrogens (tertiary/aromatic N) is 2. The van der Waals surface area contributed by atoms with E-state index in [4.69, 9.17) is 5.11 Å². The fourth-order valence-electron chi connectivity index (χ4n) is 2.69. The Labute approximate surface area is 129 Å². The Hall–Kier alpha value is -0.650. The molecule has 0 aromatic carbocycles. The van der Waals surface area contributed by atoms with Gasteiger partial charge in [-0.1, -0.05) is 13.8 Å². The summed E-state index contributed by atoms with van der Waals surface area (Å²) in [4.78, 5) is 15.6. The zero-order valence-electron chi connectivity index (χ0n) is 14.2. The molecule has 0 saturated carbocycles. The smallest absolute Gasteiger partial charge is 0.236 e. The summed E-state index contributed by atoms with van der Waals surface area (Å²) >= 11 is 0. The minimum atomic E-state index is 0.187. The number of amides is 1. The van der Waals surface area contributed by atoms with Crippen molar-refractivity contribution < 1.29 is 9.90 Å². The lowest BCUT2D eigenvalue weighted by Crippen LogP contribution is -2.47. The largest absolute Gasteiger partial charge is 0.396 e. The van der Waals surface area contributed by atoms with Gasteiger partial charge in [-0.25, -0.2) is 0 Å². The van der Waals surface area contributed by atoms with Gasteiger partial charge in [0.2, 0.25) is 5.91 Å². The van der Waals surface area contributed by atoms with Crippen molar-refractivity contribution >= 4 is 5.91 Å². The van der Waals surface area contributed by atoms with E-state index in [0.29, 0.717) is 12.6 Å². The number of carbonyl (C=O) groups is 1. The Kier molecular flexibility index (Phi) is 7.63. The van der Waals surface area contributed by atoms with E-state index < -0.39 is 0 Å². The molecule has 21 heavy (non-hydrogen) atoms. The van der Waals surface area contributed by atoms with E-state index in [0.717, 1.165) is 45.3 Å². The highest BCUT2D eigenvalue weighted by Crippen LogP contribution is 2.22. The van der Waals surface area contributed by atoms with Gasteiger partial charge in [0.1, 0.15) is 0 Å². The Balaban J connectivity index is 2.23. The van der Waals surface area contributed by atoms with Crippen molar-refractivity contribution in [2.45, 2.75) is 45.6 Å². The molecular formula is C16H33N3O2. The van der Waals surface area contributed by atoms with Gasteiger partial charge in [-0.2, -0.15) is 0 Å². The van der Waals surface area contributed by atoms with Crippen LogP contribution in [0.1, 0.15) is 39.5 Å². The summed E-state index contributed by atoms with van der Waals surface area (Å²) < 4.78 is 0. The van der Waals surface area contributed by atoms with Gasteiger partial charge in [0.05, 0.1) is 6.54 Å². The second-order valence-corrected chi connectivity index (χ2v) is 7.21. The number of likely N-dealkylation sites (tertiary alicyclic amines) is 1. The van der Waals surface area contributed by atoms with Crippen molar-refractivity contribution in [2.75, 3.05) is 46.9 Å². The van der Waals surface area contributed by atoms with Gasteiger partial charge in [-0.3, -0.25) is 9.69 Å². The summed E-state index contributed by atoms with van der Waals surface area (Å²) in [6.07, 6.45) is 4.14. The maximum atomic E-state index is 11.7. The molecule has 1 heterocycles. The maximum absolute atomic E-state index is 11.7. The summed E-state index contributed by atoms with van der Waals surface area (Å²) in [5, 5.41) is 12.6. The number of carbonyl (C=O) groups excluding carboxylic acids is 1. The monoisotopic (exact) mass is 299 g/mol. The van der Waals surface area contributed by atoms with Gasteiger partial charge in [0.25, 0.3) is 0 Å². The minimum absolute atomic E-state index is 0.187. The molecule has 1 aliphatic heterocycles. The van der Waals surface area contributed by atoms with Crippen molar-refractivity contribution in [1.82, 2.24) is 15.1 Å². The third kappa shape index (κ3) is 7.25. The molecule has 5 heteroatoms. The van der Waals surface area contributed by atoms with Crippen LogP contribution in [0.4, 0.5) is 0 Å². The molecule has 1 amide bonds. The van der Waals surface area contributed by atoms with Crippen molar-refractivity contribution in [2.24, 2.45) is 5.41 Å². The van der Waals surface area contributed by atoms with Crippen LogP contribution in [0, 0.1) is 5.41 Å². The molecule has 0 aromatic rings. The van der Waals surface area contributed by atoms with E-state index in [9.17, 15) is 4.79 Å². The molecule has 1 fully saturated rings. The Morgan fingerprint density at radius 2 is 1.95 bits per heavy atom. The number of likely N-dealkylation sites (N-methyl/N-ethyl adjacent to an activating group) is 1. The summed E-state index contributed by atoms with van der Waals surface area (Å²) in [6, 6.07) is 0.559. The molecule has 0 aromatic heterocycles. The molecule has 1 aliphatic rings. The van der Waals surface area contributed by atoms with Crippen LogP contribution in [-0.4, -0.2) is 73.7 Å². The molecule has 0 radical (unpaired) electrons. The number of nitrogens with one attached hydrogen (secondary N) is 1. The molecule has 0 atom stereocenters. The van der Waals surface area contributed by atoms with Gasteiger partial charge >= 0.3 is 0 Å². The average Bonchev–Trinajstić information content (AvgIpc) is 2.44. The SMILES string of the molecule is CN(C)C(=O)CN1CCC(NCC(C)(C)CCCO)CC1. The first kappa shape index (κ1) is 18.4. The molecule has 1 saturated heterocycles. The average molecular weight is 299 g/mol. The summed E-state index contributed by atoms with van der Waals surface area (Å²) in [6.45, 7) is 8.31. The van der Waals surface area contributed by atoms with Crippen LogP contribution in [-0.2, 0) is 4.79 Å². The van der Waals surface area contributed by atoms with Crippen molar-refractivity contribution in [3.63, 3.8) is 0 Å². The Bertz CT molecular complexity index is 311. The number of hydrogen-bond donors (Lipinski definition) is 2. The van der Waals surface area contributed by atoms with Gasteiger partial charge in [0, 0.05) is 46.4 Å². The van der Waals surface area contributed by atoms with Gasteiger partial charge in [-0.15, -0.1) is 0 Å². The highest BCUT2D eigenvalue weighted by atomic mass is 16.2. The fraction of sp³-hybridized carbons (Fsp3) is 0.938. The number of rotatable bonds is 8. The zero-order valence-corrected chi connectivity index (χ0v) is 14.2. The third-order valence-corrected chi connectivity index (χ3v) is 4.33. The fourth-order valence-corrected chi connectivity index (χ4v) is 2.69. The Morgan fingerprint density at radius 1 is 1.33 bits per heavy atom. The summed E-state index contributed by atoms with van der Waals surface area (Å²) in [5.74, 6) is 0.187. The number of hydrogen-bond acceptors (Lipinski definition) is 4. The van der Waals surface area contributed by atoms with E-state index in [1.165, 1.54) is 0 Å². The molecule has 0 aliphatic carbocycles. The van der Waals surface area contributed by atoms with Crippen molar-refractivity contribution in [3.8, 4) is 0 Å². The number of piperidine rings is 1. The normalized spacial score (nSPS) is 18.0. The second-order valence-electron chi connectivity index (χ2n) is 7.21. The highest BCUT2D eigenvalue weighted by molar-refractivity contribution is 5.77. The summed E-state index contributed by atoms with van der Waals surface area (Å²) in [5.41, 5.74) is 0.237. The van der Waals surface area contributed by atoms with E-state index in [-0.39, 0.29) is 17.9 Å². The summed E-state index contributed by atoms with van der Waals surface area (Å²) in [7, 11) is 3.62. The highest BCUT2D eigenvalue weighted by Gasteiger charge is 2.23. The van der Waals surface area contributed by atoms with Crippen LogP contribution in [0.2, 0.25) is 0 Å². The molecule has 0 bridgehead atoms. The molecular weight excluding hydrogens is 266 g/mol.